The van der Waals surface area contributed by atoms with Crippen molar-refractivity contribution in [1.29, 1.82) is 0 Å². The molecule has 1 rings (SSSR count). The maximum absolute atomic E-state index is 10.5. The molecule has 0 aliphatic carbocycles. The van der Waals surface area contributed by atoms with E-state index in [1.54, 1.807) is 24.5 Å². The van der Waals surface area contributed by atoms with Gasteiger partial charge in [-0.2, -0.15) is 0 Å². The molecule has 1 aromatic rings. The minimum atomic E-state index is -0.954. The van der Waals surface area contributed by atoms with Crippen LogP contribution < -0.4 is 0 Å². The van der Waals surface area contributed by atoms with E-state index in [1.165, 1.54) is 7.11 Å². The molecular formula is C9H10N2O3. The molecule has 0 spiro atoms. The first kappa shape index (κ1) is 10.2. The topological polar surface area (TPSA) is 71.8 Å². The summed E-state index contributed by atoms with van der Waals surface area (Å²) in [7, 11) is 1.37. The predicted molar refractivity (Wildman–Crippen MR) is 50.0 cm³/mol. The van der Waals surface area contributed by atoms with Gasteiger partial charge < -0.3 is 9.94 Å². The highest BCUT2D eigenvalue weighted by Crippen LogP contribution is 2.03. The fourth-order valence-corrected chi connectivity index (χ4v) is 0.974. The van der Waals surface area contributed by atoms with Gasteiger partial charge in [-0.1, -0.05) is 5.16 Å². The Hall–Kier alpha value is -1.91. The van der Waals surface area contributed by atoms with E-state index in [4.69, 9.17) is 5.11 Å². The lowest BCUT2D eigenvalue weighted by molar-refractivity contribution is -0.135. The number of carboxylic acid groups (broad SMARTS) is 1. The summed E-state index contributed by atoms with van der Waals surface area (Å²) in [5, 5.41) is 12.2. The Labute approximate surface area is 81.0 Å². The monoisotopic (exact) mass is 194 g/mol. The first-order valence-electron chi connectivity index (χ1n) is 3.96. The SMILES string of the molecule is CO/N=C(\CC(=O)O)c1cccnc1. The number of carboxylic acids is 1. The van der Waals surface area contributed by atoms with Crippen molar-refractivity contribution in [1.82, 2.24) is 4.98 Å². The lowest BCUT2D eigenvalue weighted by Gasteiger charge is -2.01. The fourth-order valence-electron chi connectivity index (χ4n) is 0.974. The zero-order valence-corrected chi connectivity index (χ0v) is 7.67. The summed E-state index contributed by atoms with van der Waals surface area (Å²) in [6, 6.07) is 3.44. The van der Waals surface area contributed by atoms with E-state index < -0.39 is 5.97 Å². The van der Waals surface area contributed by atoms with Crippen molar-refractivity contribution >= 4 is 11.7 Å². The van der Waals surface area contributed by atoms with E-state index in [2.05, 4.69) is 15.0 Å². The molecule has 0 amide bonds. The zero-order chi connectivity index (χ0) is 10.4. The van der Waals surface area contributed by atoms with Crippen LogP contribution in [0.1, 0.15) is 12.0 Å². The van der Waals surface area contributed by atoms with Crippen LogP contribution in [-0.4, -0.2) is 28.9 Å². The molecule has 0 aliphatic heterocycles. The molecule has 0 saturated heterocycles. The van der Waals surface area contributed by atoms with Crippen LogP contribution in [0.2, 0.25) is 0 Å². The number of carbonyl (C=O) groups is 1. The van der Waals surface area contributed by atoms with Gasteiger partial charge in [0.2, 0.25) is 0 Å². The summed E-state index contributed by atoms with van der Waals surface area (Å²) in [6.45, 7) is 0. The average molecular weight is 194 g/mol. The van der Waals surface area contributed by atoms with Gasteiger partial charge in [0.25, 0.3) is 0 Å². The highest BCUT2D eigenvalue weighted by atomic mass is 16.6. The first-order valence-corrected chi connectivity index (χ1v) is 3.96. The van der Waals surface area contributed by atoms with E-state index in [-0.39, 0.29) is 6.42 Å². The molecule has 1 N–H and O–H groups in total. The lowest BCUT2D eigenvalue weighted by Crippen LogP contribution is -2.09. The third-order valence-electron chi connectivity index (χ3n) is 1.51. The molecule has 0 aliphatic rings. The van der Waals surface area contributed by atoms with Gasteiger partial charge in [-0.3, -0.25) is 9.78 Å². The molecule has 0 atom stereocenters. The van der Waals surface area contributed by atoms with Crippen molar-refractivity contribution in [2.24, 2.45) is 5.16 Å². The number of aliphatic carboxylic acids is 1. The van der Waals surface area contributed by atoms with Gasteiger partial charge in [0.15, 0.2) is 0 Å². The molecular weight excluding hydrogens is 184 g/mol. The van der Waals surface area contributed by atoms with E-state index in [0.717, 1.165) is 0 Å². The fraction of sp³-hybridized carbons (Fsp3) is 0.222. The zero-order valence-electron chi connectivity index (χ0n) is 7.67. The Morgan fingerprint density at radius 3 is 3.00 bits per heavy atom. The second-order valence-electron chi connectivity index (χ2n) is 2.53. The van der Waals surface area contributed by atoms with Gasteiger partial charge in [-0.15, -0.1) is 0 Å². The molecule has 74 valence electrons. The van der Waals surface area contributed by atoms with Gasteiger partial charge in [0.05, 0.1) is 12.1 Å². The smallest absolute Gasteiger partial charge is 0.309 e. The Balaban J connectivity index is 2.89. The molecule has 0 saturated carbocycles. The van der Waals surface area contributed by atoms with Crippen LogP contribution in [0.4, 0.5) is 0 Å². The van der Waals surface area contributed by atoms with Gasteiger partial charge >= 0.3 is 5.97 Å². The van der Waals surface area contributed by atoms with Crippen molar-refractivity contribution in [3.05, 3.63) is 30.1 Å². The van der Waals surface area contributed by atoms with Gasteiger partial charge in [-0.05, 0) is 12.1 Å². The normalized spacial score (nSPS) is 11.1. The standard InChI is InChI=1S/C9H10N2O3/c1-14-11-8(5-9(12)13)7-3-2-4-10-6-7/h2-4,6H,5H2,1H3,(H,12,13)/b11-8+. The number of hydrogen-bond donors (Lipinski definition) is 1. The van der Waals surface area contributed by atoms with Crippen LogP contribution in [0.5, 0.6) is 0 Å². The molecule has 1 heterocycles. The molecule has 0 radical (unpaired) electrons. The van der Waals surface area contributed by atoms with Gasteiger partial charge in [-0.25, -0.2) is 0 Å². The minimum Gasteiger partial charge on any atom is -0.481 e. The van der Waals surface area contributed by atoms with Gasteiger partial charge in [0, 0.05) is 18.0 Å². The molecule has 1 aromatic heterocycles. The quantitative estimate of drug-likeness (QED) is 0.571. The van der Waals surface area contributed by atoms with E-state index in [9.17, 15) is 4.79 Å². The van der Waals surface area contributed by atoms with Crippen molar-refractivity contribution < 1.29 is 14.7 Å². The summed E-state index contributed by atoms with van der Waals surface area (Å²) >= 11 is 0. The lowest BCUT2D eigenvalue weighted by atomic mass is 10.1. The molecule has 0 fully saturated rings. The maximum atomic E-state index is 10.5. The Morgan fingerprint density at radius 2 is 2.50 bits per heavy atom. The van der Waals surface area contributed by atoms with Crippen molar-refractivity contribution in [2.45, 2.75) is 6.42 Å². The Bertz CT molecular complexity index is 335. The van der Waals surface area contributed by atoms with E-state index in [0.29, 0.717) is 11.3 Å². The Kier molecular flexibility index (Phi) is 3.60. The summed E-state index contributed by atoms with van der Waals surface area (Å²) in [4.78, 5) is 18.9. The van der Waals surface area contributed by atoms with Crippen LogP contribution in [0, 0.1) is 0 Å². The average Bonchev–Trinajstić information content (AvgIpc) is 2.18. The van der Waals surface area contributed by atoms with Crippen LogP contribution >= 0.6 is 0 Å². The summed E-state index contributed by atoms with van der Waals surface area (Å²) < 4.78 is 0. The molecule has 5 nitrogen and oxygen atoms in total. The number of pyridine rings is 1. The molecule has 14 heavy (non-hydrogen) atoms. The molecule has 5 heteroatoms. The third kappa shape index (κ3) is 2.85. The predicted octanol–water partition coefficient (Wildman–Crippen LogP) is 0.907. The van der Waals surface area contributed by atoms with Gasteiger partial charge in [0.1, 0.15) is 7.11 Å². The number of hydrogen-bond acceptors (Lipinski definition) is 4. The minimum absolute atomic E-state index is 0.181. The second-order valence-corrected chi connectivity index (χ2v) is 2.53. The summed E-state index contributed by atoms with van der Waals surface area (Å²) in [5.74, 6) is -0.954. The van der Waals surface area contributed by atoms with Crippen LogP contribution in [0.3, 0.4) is 0 Å². The molecule has 0 aromatic carbocycles. The number of rotatable bonds is 4. The Morgan fingerprint density at radius 1 is 1.71 bits per heavy atom. The number of aromatic nitrogens is 1. The molecule has 0 bridgehead atoms. The van der Waals surface area contributed by atoms with Crippen molar-refractivity contribution in [2.75, 3.05) is 7.11 Å². The number of oxime groups is 1. The number of nitrogens with zero attached hydrogens (tertiary/aromatic N) is 2. The highest BCUT2D eigenvalue weighted by Gasteiger charge is 2.09. The van der Waals surface area contributed by atoms with E-state index in [1.807, 2.05) is 0 Å². The maximum Gasteiger partial charge on any atom is 0.309 e. The highest BCUT2D eigenvalue weighted by molar-refractivity contribution is 6.08. The largest absolute Gasteiger partial charge is 0.481 e. The van der Waals surface area contributed by atoms with Crippen LogP contribution in [0.15, 0.2) is 29.7 Å². The van der Waals surface area contributed by atoms with E-state index >= 15 is 0 Å². The summed E-state index contributed by atoms with van der Waals surface area (Å²) in [5.41, 5.74) is 1.00. The second kappa shape index (κ2) is 4.96. The molecule has 0 unspecified atom stereocenters. The third-order valence-corrected chi connectivity index (χ3v) is 1.51. The summed E-state index contributed by atoms with van der Waals surface area (Å²) in [6.07, 6.45) is 2.97. The van der Waals surface area contributed by atoms with Crippen molar-refractivity contribution in [3.8, 4) is 0 Å². The van der Waals surface area contributed by atoms with Crippen molar-refractivity contribution in [3.63, 3.8) is 0 Å². The first-order chi connectivity index (χ1) is 6.74. The van der Waals surface area contributed by atoms with Crippen LogP contribution in [0.25, 0.3) is 0 Å². The van der Waals surface area contributed by atoms with Crippen LogP contribution in [-0.2, 0) is 9.63 Å².